The molecule has 0 spiro atoms. The summed E-state index contributed by atoms with van der Waals surface area (Å²) < 4.78 is 5.53. The Hall–Kier alpha value is -1.09. The van der Waals surface area contributed by atoms with Crippen LogP contribution in [0.2, 0.25) is 0 Å². The van der Waals surface area contributed by atoms with E-state index in [0.717, 1.165) is 17.7 Å². The molecule has 0 amide bonds. The van der Waals surface area contributed by atoms with Crippen LogP contribution in [-0.4, -0.2) is 17.1 Å². The normalized spacial score (nSPS) is 12.9. The first-order chi connectivity index (χ1) is 6.58. The predicted octanol–water partition coefficient (Wildman–Crippen LogP) is 1.76. The van der Waals surface area contributed by atoms with Crippen molar-refractivity contribution < 1.29 is 4.74 Å². The molecule has 0 saturated heterocycles. The monoisotopic (exact) mass is 194 g/mol. The summed E-state index contributed by atoms with van der Waals surface area (Å²) in [5.74, 6) is 0.818. The average molecular weight is 194 g/mol. The van der Waals surface area contributed by atoms with Crippen LogP contribution >= 0.6 is 0 Å². The van der Waals surface area contributed by atoms with E-state index in [-0.39, 0.29) is 12.1 Å². The molecule has 0 aliphatic rings. The van der Waals surface area contributed by atoms with Crippen molar-refractivity contribution in [3.05, 3.63) is 24.0 Å². The molecule has 1 atom stereocenters. The number of nitrogens with zero attached hydrogens (tertiary/aromatic N) is 1. The van der Waals surface area contributed by atoms with Crippen molar-refractivity contribution in [3.8, 4) is 5.75 Å². The molecule has 2 N–H and O–H groups in total. The zero-order valence-electron chi connectivity index (χ0n) is 9.03. The number of rotatable bonds is 4. The first-order valence-corrected chi connectivity index (χ1v) is 4.94. The van der Waals surface area contributed by atoms with Crippen LogP contribution in [0.4, 0.5) is 0 Å². The van der Waals surface area contributed by atoms with Crippen molar-refractivity contribution >= 4 is 0 Å². The van der Waals surface area contributed by atoms with Crippen molar-refractivity contribution in [1.82, 2.24) is 4.98 Å². The van der Waals surface area contributed by atoms with E-state index in [1.54, 1.807) is 6.20 Å². The molecule has 3 heteroatoms. The molecule has 78 valence electrons. The molecule has 1 aromatic rings. The summed E-state index contributed by atoms with van der Waals surface area (Å²) in [6.45, 7) is 5.98. The van der Waals surface area contributed by atoms with Gasteiger partial charge in [0.25, 0.3) is 0 Å². The molecular formula is C11H18N2O. The first-order valence-electron chi connectivity index (χ1n) is 4.94. The Bertz CT molecular complexity index is 259. The van der Waals surface area contributed by atoms with Gasteiger partial charge in [0.1, 0.15) is 5.75 Å². The Labute approximate surface area is 85.3 Å². The van der Waals surface area contributed by atoms with Gasteiger partial charge in [0.2, 0.25) is 0 Å². The molecular weight excluding hydrogens is 176 g/mol. The third kappa shape index (κ3) is 3.75. The van der Waals surface area contributed by atoms with Crippen molar-refractivity contribution in [2.45, 2.75) is 39.3 Å². The van der Waals surface area contributed by atoms with Crippen LogP contribution in [0.25, 0.3) is 0 Å². The largest absolute Gasteiger partial charge is 0.489 e. The molecule has 1 unspecified atom stereocenters. The maximum Gasteiger partial charge on any atom is 0.138 e. The SMILES string of the molecule is CC(N)Cc1cncc(OC(C)C)c1. The summed E-state index contributed by atoms with van der Waals surface area (Å²) in [6, 6.07) is 2.15. The van der Waals surface area contributed by atoms with Crippen LogP contribution in [-0.2, 0) is 6.42 Å². The molecule has 0 radical (unpaired) electrons. The van der Waals surface area contributed by atoms with Gasteiger partial charge in [-0.1, -0.05) is 0 Å². The van der Waals surface area contributed by atoms with Crippen LogP contribution in [0.15, 0.2) is 18.5 Å². The lowest BCUT2D eigenvalue weighted by atomic mass is 10.1. The minimum absolute atomic E-state index is 0.158. The molecule has 0 aliphatic carbocycles. The van der Waals surface area contributed by atoms with E-state index in [9.17, 15) is 0 Å². The van der Waals surface area contributed by atoms with Crippen LogP contribution in [0.3, 0.4) is 0 Å². The van der Waals surface area contributed by atoms with Gasteiger partial charge in [0, 0.05) is 12.2 Å². The Balaban J connectivity index is 2.68. The van der Waals surface area contributed by atoms with Gasteiger partial charge in [-0.15, -0.1) is 0 Å². The Morgan fingerprint density at radius 1 is 1.36 bits per heavy atom. The lowest BCUT2D eigenvalue weighted by Crippen LogP contribution is -2.18. The number of hydrogen-bond donors (Lipinski definition) is 1. The second kappa shape index (κ2) is 4.96. The molecule has 1 heterocycles. The summed E-state index contributed by atoms with van der Waals surface area (Å²) in [5, 5.41) is 0. The van der Waals surface area contributed by atoms with Crippen LogP contribution in [0.5, 0.6) is 5.75 Å². The van der Waals surface area contributed by atoms with Gasteiger partial charge >= 0.3 is 0 Å². The van der Waals surface area contributed by atoms with E-state index in [2.05, 4.69) is 4.98 Å². The number of nitrogens with two attached hydrogens (primary N) is 1. The Kier molecular flexibility index (Phi) is 3.89. The van der Waals surface area contributed by atoms with Crippen molar-refractivity contribution in [2.75, 3.05) is 0 Å². The summed E-state index contributed by atoms with van der Waals surface area (Å²) in [4.78, 5) is 4.11. The molecule has 0 saturated carbocycles. The minimum atomic E-state index is 0.158. The summed E-state index contributed by atoms with van der Waals surface area (Å²) >= 11 is 0. The van der Waals surface area contributed by atoms with Crippen molar-refractivity contribution in [1.29, 1.82) is 0 Å². The third-order valence-electron chi connectivity index (χ3n) is 1.70. The third-order valence-corrected chi connectivity index (χ3v) is 1.70. The highest BCUT2D eigenvalue weighted by molar-refractivity contribution is 5.24. The quantitative estimate of drug-likeness (QED) is 0.794. The average Bonchev–Trinajstić information content (AvgIpc) is 2.01. The molecule has 1 aromatic heterocycles. The highest BCUT2D eigenvalue weighted by Gasteiger charge is 2.02. The maximum atomic E-state index is 5.71. The fourth-order valence-corrected chi connectivity index (χ4v) is 1.28. The first kappa shape index (κ1) is 11.0. The van der Waals surface area contributed by atoms with E-state index in [0.29, 0.717) is 0 Å². The lowest BCUT2D eigenvalue weighted by Gasteiger charge is -2.11. The molecule has 0 fully saturated rings. The zero-order valence-corrected chi connectivity index (χ0v) is 9.03. The van der Waals surface area contributed by atoms with E-state index < -0.39 is 0 Å². The van der Waals surface area contributed by atoms with Gasteiger partial charge in [-0.2, -0.15) is 0 Å². The summed E-state index contributed by atoms with van der Waals surface area (Å²) in [7, 11) is 0. The number of pyridine rings is 1. The van der Waals surface area contributed by atoms with Crippen LogP contribution in [0, 0.1) is 0 Å². The molecule has 1 rings (SSSR count). The topological polar surface area (TPSA) is 48.1 Å². The van der Waals surface area contributed by atoms with Crippen molar-refractivity contribution in [3.63, 3.8) is 0 Å². The highest BCUT2D eigenvalue weighted by Crippen LogP contribution is 2.13. The predicted molar refractivity (Wildman–Crippen MR) is 57.4 cm³/mol. The standard InChI is InChI=1S/C11H18N2O/c1-8(2)14-11-5-10(4-9(3)12)6-13-7-11/h5-9H,4,12H2,1-3H3. The van der Waals surface area contributed by atoms with Gasteiger partial charge < -0.3 is 10.5 Å². The second-order valence-electron chi connectivity index (χ2n) is 3.88. The van der Waals surface area contributed by atoms with Gasteiger partial charge in [0.15, 0.2) is 0 Å². The van der Waals surface area contributed by atoms with Crippen molar-refractivity contribution in [2.24, 2.45) is 5.73 Å². The number of hydrogen-bond acceptors (Lipinski definition) is 3. The number of aromatic nitrogens is 1. The minimum Gasteiger partial charge on any atom is -0.489 e. The Morgan fingerprint density at radius 2 is 2.07 bits per heavy atom. The molecule has 0 aliphatic heterocycles. The highest BCUT2D eigenvalue weighted by atomic mass is 16.5. The fourth-order valence-electron chi connectivity index (χ4n) is 1.28. The fraction of sp³-hybridized carbons (Fsp3) is 0.545. The Morgan fingerprint density at radius 3 is 2.64 bits per heavy atom. The second-order valence-corrected chi connectivity index (χ2v) is 3.88. The maximum absolute atomic E-state index is 5.71. The van der Waals surface area contributed by atoms with E-state index in [1.807, 2.05) is 33.0 Å². The van der Waals surface area contributed by atoms with E-state index in [4.69, 9.17) is 10.5 Å². The lowest BCUT2D eigenvalue weighted by molar-refractivity contribution is 0.241. The molecule has 14 heavy (non-hydrogen) atoms. The van der Waals surface area contributed by atoms with Gasteiger partial charge in [-0.25, -0.2) is 0 Å². The van der Waals surface area contributed by atoms with E-state index in [1.165, 1.54) is 0 Å². The molecule has 0 aromatic carbocycles. The van der Waals surface area contributed by atoms with Gasteiger partial charge in [-0.3, -0.25) is 4.98 Å². The van der Waals surface area contributed by atoms with E-state index >= 15 is 0 Å². The molecule has 3 nitrogen and oxygen atoms in total. The zero-order chi connectivity index (χ0) is 10.6. The summed E-state index contributed by atoms with van der Waals surface area (Å²) in [6.07, 6.45) is 4.58. The van der Waals surface area contributed by atoms with Crippen LogP contribution in [0.1, 0.15) is 26.3 Å². The smallest absolute Gasteiger partial charge is 0.138 e. The number of ether oxygens (including phenoxy) is 1. The summed E-state index contributed by atoms with van der Waals surface area (Å²) in [5.41, 5.74) is 6.83. The van der Waals surface area contributed by atoms with Gasteiger partial charge in [0.05, 0.1) is 12.3 Å². The molecule has 0 bridgehead atoms. The van der Waals surface area contributed by atoms with Gasteiger partial charge in [-0.05, 0) is 38.8 Å². The van der Waals surface area contributed by atoms with Crippen LogP contribution < -0.4 is 10.5 Å².